The van der Waals surface area contributed by atoms with E-state index in [1.807, 2.05) is 19.9 Å². The number of para-hydroxylation sites is 1. The van der Waals surface area contributed by atoms with E-state index in [0.717, 1.165) is 11.9 Å². The first-order chi connectivity index (χ1) is 7.31. The van der Waals surface area contributed by atoms with E-state index >= 15 is 0 Å². The van der Waals surface area contributed by atoms with Gasteiger partial charge in [-0.1, -0.05) is 39.0 Å². The highest BCUT2D eigenvalue weighted by Crippen LogP contribution is 2.17. The third-order valence-corrected chi connectivity index (χ3v) is 2.34. The molecule has 0 aliphatic carbocycles. The van der Waals surface area contributed by atoms with Crippen LogP contribution in [-0.2, 0) is 6.42 Å². The summed E-state index contributed by atoms with van der Waals surface area (Å²) in [4.78, 5) is 4.55. The van der Waals surface area contributed by atoms with Crippen molar-refractivity contribution in [2.75, 3.05) is 0 Å². The van der Waals surface area contributed by atoms with Crippen LogP contribution in [0.15, 0.2) is 30.3 Å². The lowest BCUT2D eigenvalue weighted by molar-refractivity contribution is 1.05. The summed E-state index contributed by atoms with van der Waals surface area (Å²) in [6, 6.07) is 10.5. The van der Waals surface area contributed by atoms with E-state index in [-0.39, 0.29) is 0 Å². The Morgan fingerprint density at radius 3 is 2.47 bits per heavy atom. The lowest BCUT2D eigenvalue weighted by Crippen LogP contribution is -1.90. The Bertz CT molecular complexity index is 432. The average molecular weight is 201 g/mol. The smallest absolute Gasteiger partial charge is 0.0707 e. The van der Waals surface area contributed by atoms with Crippen molar-refractivity contribution in [2.24, 2.45) is 0 Å². The van der Waals surface area contributed by atoms with Crippen molar-refractivity contribution in [2.45, 2.75) is 34.1 Å². The van der Waals surface area contributed by atoms with Crippen LogP contribution in [0.2, 0.25) is 0 Å². The molecular weight excluding hydrogens is 182 g/mol. The number of fused-ring (bicyclic) bond motifs is 1. The molecule has 15 heavy (non-hydrogen) atoms. The Morgan fingerprint density at radius 1 is 1.13 bits per heavy atom. The molecule has 0 saturated carbocycles. The molecule has 0 radical (unpaired) electrons. The molecule has 0 saturated heterocycles. The lowest BCUT2D eigenvalue weighted by atomic mass is 10.1. The quantitative estimate of drug-likeness (QED) is 0.676. The van der Waals surface area contributed by atoms with Crippen LogP contribution in [0.25, 0.3) is 10.9 Å². The van der Waals surface area contributed by atoms with Gasteiger partial charge in [-0.05, 0) is 31.0 Å². The summed E-state index contributed by atoms with van der Waals surface area (Å²) < 4.78 is 0. The predicted molar refractivity (Wildman–Crippen MR) is 67.2 cm³/mol. The van der Waals surface area contributed by atoms with E-state index in [9.17, 15) is 0 Å². The van der Waals surface area contributed by atoms with E-state index in [0.29, 0.717) is 0 Å². The molecule has 2 rings (SSSR count). The standard InChI is InChI=1S/C12H13N.C2H6/c1-3-10-8-9(2)11-6-4-5-7-12(11)13-10;1-2/h4-8H,3H2,1-2H3;1-2H3. The van der Waals surface area contributed by atoms with E-state index in [1.165, 1.54) is 16.6 Å². The Labute approximate surface area is 92.2 Å². The summed E-state index contributed by atoms with van der Waals surface area (Å²) in [5.74, 6) is 0. The van der Waals surface area contributed by atoms with E-state index in [4.69, 9.17) is 0 Å². The highest BCUT2D eigenvalue weighted by molar-refractivity contribution is 5.81. The second-order valence-electron chi connectivity index (χ2n) is 3.30. The van der Waals surface area contributed by atoms with Gasteiger partial charge in [0.05, 0.1) is 5.52 Å². The fourth-order valence-corrected chi connectivity index (χ4v) is 1.60. The number of aromatic nitrogens is 1. The van der Waals surface area contributed by atoms with Gasteiger partial charge < -0.3 is 0 Å². The van der Waals surface area contributed by atoms with E-state index in [2.05, 4.69) is 43.1 Å². The van der Waals surface area contributed by atoms with Gasteiger partial charge in [-0.25, -0.2) is 0 Å². The van der Waals surface area contributed by atoms with Gasteiger partial charge in [-0.2, -0.15) is 0 Å². The number of aryl methyl sites for hydroxylation is 2. The molecule has 0 atom stereocenters. The summed E-state index contributed by atoms with van der Waals surface area (Å²) in [6.07, 6.45) is 1.01. The molecule has 2 aromatic rings. The number of rotatable bonds is 1. The Balaban J connectivity index is 0.000000531. The SMILES string of the molecule is CC.CCc1cc(C)c2ccccc2n1. The molecule has 0 aliphatic rings. The van der Waals surface area contributed by atoms with Gasteiger partial charge in [0.15, 0.2) is 0 Å². The van der Waals surface area contributed by atoms with Gasteiger partial charge >= 0.3 is 0 Å². The number of benzene rings is 1. The number of pyridine rings is 1. The Kier molecular flexibility index (Phi) is 4.29. The molecule has 0 fully saturated rings. The molecule has 0 amide bonds. The first-order valence-corrected chi connectivity index (χ1v) is 5.66. The third kappa shape index (κ3) is 2.56. The minimum Gasteiger partial charge on any atom is -0.253 e. The van der Waals surface area contributed by atoms with E-state index < -0.39 is 0 Å². The van der Waals surface area contributed by atoms with Gasteiger partial charge in [0.25, 0.3) is 0 Å². The highest BCUT2D eigenvalue weighted by atomic mass is 14.7. The van der Waals surface area contributed by atoms with Gasteiger partial charge in [0.2, 0.25) is 0 Å². The fourth-order valence-electron chi connectivity index (χ4n) is 1.60. The Morgan fingerprint density at radius 2 is 1.80 bits per heavy atom. The normalized spacial score (nSPS) is 9.60. The molecule has 0 bridgehead atoms. The summed E-state index contributed by atoms with van der Waals surface area (Å²) >= 11 is 0. The van der Waals surface area contributed by atoms with Gasteiger partial charge in [0, 0.05) is 11.1 Å². The number of hydrogen-bond acceptors (Lipinski definition) is 1. The summed E-state index contributed by atoms with van der Waals surface area (Å²) in [7, 11) is 0. The second kappa shape index (κ2) is 5.50. The summed E-state index contributed by atoms with van der Waals surface area (Å²) in [6.45, 7) is 8.28. The maximum absolute atomic E-state index is 4.55. The first kappa shape index (κ1) is 11.7. The molecule has 1 aromatic carbocycles. The minimum absolute atomic E-state index is 1.01. The molecule has 0 aliphatic heterocycles. The van der Waals surface area contributed by atoms with Crippen LogP contribution >= 0.6 is 0 Å². The van der Waals surface area contributed by atoms with Crippen molar-refractivity contribution in [3.63, 3.8) is 0 Å². The summed E-state index contributed by atoms with van der Waals surface area (Å²) in [5, 5.41) is 1.26. The van der Waals surface area contributed by atoms with Crippen LogP contribution in [0.4, 0.5) is 0 Å². The largest absolute Gasteiger partial charge is 0.253 e. The summed E-state index contributed by atoms with van der Waals surface area (Å²) in [5.41, 5.74) is 3.61. The van der Waals surface area contributed by atoms with Crippen LogP contribution in [0, 0.1) is 6.92 Å². The minimum atomic E-state index is 1.01. The molecule has 0 N–H and O–H groups in total. The molecular formula is C14H19N. The van der Waals surface area contributed by atoms with Gasteiger partial charge in [0.1, 0.15) is 0 Å². The van der Waals surface area contributed by atoms with Crippen LogP contribution in [-0.4, -0.2) is 4.98 Å². The van der Waals surface area contributed by atoms with Crippen LogP contribution < -0.4 is 0 Å². The third-order valence-electron chi connectivity index (χ3n) is 2.34. The van der Waals surface area contributed by atoms with Crippen molar-refractivity contribution in [3.05, 3.63) is 41.6 Å². The zero-order valence-electron chi connectivity index (χ0n) is 10.0. The molecule has 0 spiro atoms. The fraction of sp³-hybridized carbons (Fsp3) is 0.357. The van der Waals surface area contributed by atoms with Gasteiger partial charge in [-0.3, -0.25) is 4.98 Å². The average Bonchev–Trinajstić information content (AvgIpc) is 2.31. The molecule has 0 unspecified atom stereocenters. The van der Waals surface area contributed by atoms with Crippen molar-refractivity contribution >= 4 is 10.9 Å². The molecule has 80 valence electrons. The zero-order chi connectivity index (χ0) is 11.3. The van der Waals surface area contributed by atoms with Crippen molar-refractivity contribution in [1.82, 2.24) is 4.98 Å². The molecule has 1 heteroatoms. The highest BCUT2D eigenvalue weighted by Gasteiger charge is 1.99. The first-order valence-electron chi connectivity index (χ1n) is 5.66. The van der Waals surface area contributed by atoms with Crippen molar-refractivity contribution in [1.29, 1.82) is 0 Å². The van der Waals surface area contributed by atoms with Crippen molar-refractivity contribution in [3.8, 4) is 0 Å². The lowest BCUT2D eigenvalue weighted by Gasteiger charge is -2.03. The number of hydrogen-bond donors (Lipinski definition) is 0. The van der Waals surface area contributed by atoms with E-state index in [1.54, 1.807) is 0 Å². The molecule has 1 aromatic heterocycles. The van der Waals surface area contributed by atoms with Gasteiger partial charge in [-0.15, -0.1) is 0 Å². The van der Waals surface area contributed by atoms with Crippen LogP contribution in [0.3, 0.4) is 0 Å². The predicted octanol–water partition coefficient (Wildman–Crippen LogP) is 4.13. The maximum atomic E-state index is 4.55. The monoisotopic (exact) mass is 201 g/mol. The zero-order valence-corrected chi connectivity index (χ0v) is 10.0. The molecule has 1 heterocycles. The van der Waals surface area contributed by atoms with Crippen LogP contribution in [0.1, 0.15) is 32.0 Å². The Hall–Kier alpha value is -1.37. The second-order valence-corrected chi connectivity index (χ2v) is 3.30. The molecule has 1 nitrogen and oxygen atoms in total. The maximum Gasteiger partial charge on any atom is 0.0707 e. The number of nitrogens with zero attached hydrogens (tertiary/aromatic N) is 1. The van der Waals surface area contributed by atoms with Crippen LogP contribution in [0.5, 0.6) is 0 Å². The van der Waals surface area contributed by atoms with Crippen molar-refractivity contribution < 1.29 is 0 Å². The topological polar surface area (TPSA) is 12.9 Å².